The molecule has 1 N–H and O–H groups in total. The highest BCUT2D eigenvalue weighted by Gasteiger charge is 2.12. The van der Waals surface area contributed by atoms with Crippen LogP contribution in [0.4, 0.5) is 0 Å². The summed E-state index contributed by atoms with van der Waals surface area (Å²) in [5, 5.41) is 8.83. The van der Waals surface area contributed by atoms with Crippen LogP contribution in [0.2, 0.25) is 0 Å². The maximum absolute atomic E-state index is 11.8. The second-order valence-electron chi connectivity index (χ2n) is 3.76. The maximum Gasteiger partial charge on any atom is 0.337 e. The molecule has 1 amide bonds. The summed E-state index contributed by atoms with van der Waals surface area (Å²) in [6.45, 7) is 4.67. The predicted molar refractivity (Wildman–Crippen MR) is 65.6 cm³/mol. The van der Waals surface area contributed by atoms with Gasteiger partial charge in [-0.3, -0.25) is 9.59 Å². The van der Waals surface area contributed by atoms with Crippen molar-refractivity contribution in [2.24, 2.45) is 0 Å². The number of likely N-dealkylation sites (N-methyl/N-ethyl adjacent to an activating group) is 1. The Hall–Kier alpha value is -2.11. The molecule has 0 aliphatic carbocycles. The molecule has 0 unspecified atom stereocenters. The topological polar surface area (TPSA) is 79.6 Å². The van der Waals surface area contributed by atoms with E-state index in [1.54, 1.807) is 4.90 Å². The van der Waals surface area contributed by atoms with Crippen LogP contribution in [0, 0.1) is 0 Å². The first-order valence-electron chi connectivity index (χ1n) is 5.71. The summed E-state index contributed by atoms with van der Waals surface area (Å²) in [5.41, 5.74) is -0.401. The third-order valence-electron chi connectivity index (χ3n) is 2.65. The van der Waals surface area contributed by atoms with E-state index in [1.807, 2.05) is 13.8 Å². The lowest BCUT2D eigenvalue weighted by Gasteiger charge is -2.19. The Morgan fingerprint density at radius 2 is 1.89 bits per heavy atom. The van der Waals surface area contributed by atoms with E-state index in [-0.39, 0.29) is 23.6 Å². The number of hydrogen-bond acceptors (Lipinski definition) is 3. The summed E-state index contributed by atoms with van der Waals surface area (Å²) in [6.07, 6.45) is 1.19. The molecule has 0 fully saturated rings. The number of rotatable bonds is 5. The molecule has 0 spiro atoms. The average Bonchev–Trinajstić information content (AvgIpc) is 2.33. The van der Waals surface area contributed by atoms with Crippen molar-refractivity contribution < 1.29 is 14.7 Å². The fourth-order valence-corrected chi connectivity index (χ4v) is 1.60. The molecule has 6 nitrogen and oxygen atoms in total. The van der Waals surface area contributed by atoms with Crippen molar-refractivity contribution in [2.75, 3.05) is 13.1 Å². The number of amides is 1. The van der Waals surface area contributed by atoms with Gasteiger partial charge in [-0.15, -0.1) is 0 Å². The Balaban J connectivity index is 2.96. The highest BCUT2D eigenvalue weighted by atomic mass is 16.4. The minimum absolute atomic E-state index is 0.0121. The summed E-state index contributed by atoms with van der Waals surface area (Å²) in [6, 6.07) is 2.38. The number of aromatic carboxylic acids is 1. The summed E-state index contributed by atoms with van der Waals surface area (Å²) < 4.78 is 1.12. The maximum atomic E-state index is 11.8. The van der Waals surface area contributed by atoms with Crippen LogP contribution >= 0.6 is 0 Å². The third kappa shape index (κ3) is 3.19. The van der Waals surface area contributed by atoms with Gasteiger partial charge in [-0.05, 0) is 19.9 Å². The molecule has 0 saturated carbocycles. The van der Waals surface area contributed by atoms with Gasteiger partial charge < -0.3 is 14.6 Å². The molecule has 0 radical (unpaired) electrons. The second-order valence-corrected chi connectivity index (χ2v) is 3.76. The summed E-state index contributed by atoms with van der Waals surface area (Å²) >= 11 is 0. The van der Waals surface area contributed by atoms with Crippen LogP contribution in [0.15, 0.2) is 23.1 Å². The number of aromatic nitrogens is 1. The molecular formula is C12H16N2O4. The van der Waals surface area contributed by atoms with Gasteiger partial charge in [0.15, 0.2) is 0 Å². The van der Waals surface area contributed by atoms with Crippen molar-refractivity contribution in [2.45, 2.75) is 20.4 Å². The number of carboxylic acids is 1. The van der Waals surface area contributed by atoms with Crippen LogP contribution in [0.5, 0.6) is 0 Å². The first kappa shape index (κ1) is 14.0. The van der Waals surface area contributed by atoms with Crippen LogP contribution in [0.3, 0.4) is 0 Å². The second kappa shape index (κ2) is 6.00. The van der Waals surface area contributed by atoms with Crippen molar-refractivity contribution in [3.05, 3.63) is 34.2 Å². The van der Waals surface area contributed by atoms with E-state index >= 15 is 0 Å². The standard InChI is InChI=1S/C12H16N2O4/c1-3-13(4-2)11(16)8-14-7-9(12(17)18)5-6-10(14)15/h5-7H,3-4,8H2,1-2H3,(H,17,18). The first-order chi connectivity index (χ1) is 8.49. The van der Waals surface area contributed by atoms with E-state index in [0.717, 1.165) is 10.6 Å². The molecule has 18 heavy (non-hydrogen) atoms. The Morgan fingerprint density at radius 1 is 1.28 bits per heavy atom. The zero-order chi connectivity index (χ0) is 13.7. The van der Waals surface area contributed by atoms with Gasteiger partial charge in [0.05, 0.1) is 5.56 Å². The van der Waals surface area contributed by atoms with Gasteiger partial charge in [-0.25, -0.2) is 4.79 Å². The number of pyridine rings is 1. The van der Waals surface area contributed by atoms with Gasteiger partial charge in [-0.1, -0.05) is 0 Å². The zero-order valence-corrected chi connectivity index (χ0v) is 10.4. The molecule has 0 aliphatic heterocycles. The summed E-state index contributed by atoms with van der Waals surface area (Å²) in [7, 11) is 0. The van der Waals surface area contributed by atoms with E-state index in [1.165, 1.54) is 12.3 Å². The molecule has 0 saturated heterocycles. The summed E-state index contributed by atoms with van der Waals surface area (Å²) in [4.78, 5) is 35.7. The number of nitrogens with zero attached hydrogens (tertiary/aromatic N) is 2. The SMILES string of the molecule is CCN(CC)C(=O)Cn1cc(C(=O)O)ccc1=O. The summed E-state index contributed by atoms with van der Waals surface area (Å²) in [5.74, 6) is -1.33. The number of carbonyl (C=O) groups excluding carboxylic acids is 1. The number of hydrogen-bond donors (Lipinski definition) is 1. The van der Waals surface area contributed by atoms with Gasteiger partial charge in [0, 0.05) is 25.4 Å². The molecule has 98 valence electrons. The minimum Gasteiger partial charge on any atom is -0.478 e. The molecule has 6 heteroatoms. The molecule has 1 rings (SSSR count). The Kier molecular flexibility index (Phi) is 4.65. The molecule has 1 aromatic rings. The number of carboxylic acid groups (broad SMARTS) is 1. The fraction of sp³-hybridized carbons (Fsp3) is 0.417. The molecule has 1 aromatic heterocycles. The lowest BCUT2D eigenvalue weighted by molar-refractivity contribution is -0.131. The highest BCUT2D eigenvalue weighted by molar-refractivity contribution is 5.87. The third-order valence-corrected chi connectivity index (χ3v) is 2.65. The van der Waals surface area contributed by atoms with Crippen molar-refractivity contribution >= 4 is 11.9 Å². The van der Waals surface area contributed by atoms with Crippen LogP contribution in [0.25, 0.3) is 0 Å². The van der Waals surface area contributed by atoms with Crippen molar-refractivity contribution in [1.29, 1.82) is 0 Å². The Morgan fingerprint density at radius 3 is 2.39 bits per heavy atom. The predicted octanol–water partition coefficient (Wildman–Crippen LogP) is 0.415. The lowest BCUT2D eigenvalue weighted by Crippen LogP contribution is -2.36. The van der Waals surface area contributed by atoms with E-state index in [9.17, 15) is 14.4 Å². The first-order valence-corrected chi connectivity index (χ1v) is 5.71. The van der Waals surface area contributed by atoms with E-state index < -0.39 is 5.97 Å². The van der Waals surface area contributed by atoms with Crippen LogP contribution in [-0.4, -0.2) is 39.5 Å². The van der Waals surface area contributed by atoms with Crippen molar-refractivity contribution in [3.8, 4) is 0 Å². The fourth-order valence-electron chi connectivity index (χ4n) is 1.60. The Labute approximate surface area is 104 Å². The Bertz CT molecular complexity index is 503. The van der Waals surface area contributed by atoms with Crippen LogP contribution in [-0.2, 0) is 11.3 Å². The smallest absolute Gasteiger partial charge is 0.337 e. The van der Waals surface area contributed by atoms with E-state index in [0.29, 0.717) is 13.1 Å². The molecular weight excluding hydrogens is 236 g/mol. The van der Waals surface area contributed by atoms with Crippen LogP contribution < -0.4 is 5.56 Å². The van der Waals surface area contributed by atoms with Crippen LogP contribution in [0.1, 0.15) is 24.2 Å². The quantitative estimate of drug-likeness (QED) is 0.823. The molecule has 0 aliphatic rings. The van der Waals surface area contributed by atoms with Gasteiger partial charge in [-0.2, -0.15) is 0 Å². The van der Waals surface area contributed by atoms with Crippen molar-refractivity contribution in [3.63, 3.8) is 0 Å². The van der Waals surface area contributed by atoms with Gasteiger partial charge >= 0.3 is 5.97 Å². The van der Waals surface area contributed by atoms with Gasteiger partial charge in [0.25, 0.3) is 5.56 Å². The van der Waals surface area contributed by atoms with Gasteiger partial charge in [0.1, 0.15) is 6.54 Å². The monoisotopic (exact) mass is 252 g/mol. The van der Waals surface area contributed by atoms with E-state index in [2.05, 4.69) is 0 Å². The highest BCUT2D eigenvalue weighted by Crippen LogP contribution is 1.97. The molecule has 0 atom stereocenters. The van der Waals surface area contributed by atoms with Gasteiger partial charge in [0.2, 0.25) is 5.91 Å². The lowest BCUT2D eigenvalue weighted by atomic mass is 10.3. The van der Waals surface area contributed by atoms with Crippen molar-refractivity contribution in [1.82, 2.24) is 9.47 Å². The zero-order valence-electron chi connectivity index (χ0n) is 10.4. The number of carbonyl (C=O) groups is 2. The molecule has 0 aromatic carbocycles. The normalized spacial score (nSPS) is 10.1. The molecule has 0 bridgehead atoms. The molecule has 1 heterocycles. The minimum atomic E-state index is -1.13. The largest absolute Gasteiger partial charge is 0.478 e. The average molecular weight is 252 g/mol. The van der Waals surface area contributed by atoms with E-state index in [4.69, 9.17) is 5.11 Å².